The third kappa shape index (κ3) is 2.39. The summed E-state index contributed by atoms with van der Waals surface area (Å²) in [5.74, 6) is -0.396. The molecule has 1 aliphatic heterocycles. The molecule has 1 aliphatic carbocycles. The number of methoxy groups -OCH3 is 1. The number of hydrogen-bond acceptors (Lipinski definition) is 3. The van der Waals surface area contributed by atoms with Gasteiger partial charge < -0.3 is 10.1 Å². The first-order valence-corrected chi connectivity index (χ1v) is 7.07. The van der Waals surface area contributed by atoms with Crippen LogP contribution in [0, 0.1) is 0 Å². The minimum absolute atomic E-state index is 0.142. The van der Waals surface area contributed by atoms with Crippen molar-refractivity contribution in [3.05, 3.63) is 47.2 Å². The van der Waals surface area contributed by atoms with Crippen molar-refractivity contribution in [3.63, 3.8) is 0 Å². The molecule has 5 heteroatoms. The Morgan fingerprint density at radius 1 is 1.29 bits per heavy atom. The highest BCUT2D eigenvalue weighted by molar-refractivity contribution is 5.95. The van der Waals surface area contributed by atoms with Gasteiger partial charge in [0.05, 0.1) is 18.7 Å². The minimum atomic E-state index is -0.457. The van der Waals surface area contributed by atoms with Crippen LogP contribution in [-0.2, 0) is 9.53 Å². The predicted octanol–water partition coefficient (Wildman–Crippen LogP) is 2.36. The molecular formula is C16H18N2O3. The molecule has 2 aliphatic rings. The van der Waals surface area contributed by atoms with Gasteiger partial charge in [0, 0.05) is 11.7 Å². The number of ether oxygens (including phenoxy) is 1. The number of rotatable bonds is 3. The zero-order valence-corrected chi connectivity index (χ0v) is 12.1. The third-order valence-electron chi connectivity index (χ3n) is 3.98. The van der Waals surface area contributed by atoms with Crippen molar-refractivity contribution >= 4 is 12.0 Å². The minimum Gasteiger partial charge on any atom is -0.466 e. The van der Waals surface area contributed by atoms with Crippen LogP contribution in [0.5, 0.6) is 0 Å². The van der Waals surface area contributed by atoms with Gasteiger partial charge in [0.15, 0.2) is 0 Å². The first kappa shape index (κ1) is 13.7. The molecule has 0 bridgehead atoms. The summed E-state index contributed by atoms with van der Waals surface area (Å²) in [7, 11) is 1.36. The fraction of sp³-hybridized carbons (Fsp3) is 0.375. The van der Waals surface area contributed by atoms with Crippen LogP contribution in [-0.4, -0.2) is 30.1 Å². The summed E-state index contributed by atoms with van der Waals surface area (Å²) in [6, 6.07) is 9.08. The molecular weight excluding hydrogens is 268 g/mol. The molecule has 0 saturated heterocycles. The number of benzene rings is 1. The van der Waals surface area contributed by atoms with E-state index in [0.717, 1.165) is 18.4 Å². The average Bonchev–Trinajstić information content (AvgIpc) is 3.31. The van der Waals surface area contributed by atoms with Crippen molar-refractivity contribution in [3.8, 4) is 0 Å². The molecule has 21 heavy (non-hydrogen) atoms. The molecule has 0 spiro atoms. The number of carbonyl (C=O) groups is 2. The van der Waals surface area contributed by atoms with Crippen LogP contribution in [0.3, 0.4) is 0 Å². The van der Waals surface area contributed by atoms with Crippen LogP contribution >= 0.6 is 0 Å². The van der Waals surface area contributed by atoms with Crippen molar-refractivity contribution < 1.29 is 14.3 Å². The van der Waals surface area contributed by atoms with Crippen molar-refractivity contribution in [2.75, 3.05) is 7.11 Å². The maximum atomic E-state index is 12.4. The van der Waals surface area contributed by atoms with E-state index in [1.54, 1.807) is 4.90 Å². The van der Waals surface area contributed by atoms with Crippen LogP contribution in [0.4, 0.5) is 4.79 Å². The van der Waals surface area contributed by atoms with E-state index >= 15 is 0 Å². The van der Waals surface area contributed by atoms with Gasteiger partial charge in [-0.2, -0.15) is 0 Å². The predicted molar refractivity (Wildman–Crippen MR) is 77.3 cm³/mol. The lowest BCUT2D eigenvalue weighted by Gasteiger charge is -2.35. The van der Waals surface area contributed by atoms with Crippen molar-refractivity contribution in [2.24, 2.45) is 0 Å². The Morgan fingerprint density at radius 2 is 1.95 bits per heavy atom. The largest absolute Gasteiger partial charge is 0.466 e. The van der Waals surface area contributed by atoms with E-state index in [-0.39, 0.29) is 12.1 Å². The zero-order valence-electron chi connectivity index (χ0n) is 12.1. The lowest BCUT2D eigenvalue weighted by Crippen LogP contribution is -2.48. The molecule has 1 saturated carbocycles. The maximum absolute atomic E-state index is 12.4. The van der Waals surface area contributed by atoms with E-state index < -0.39 is 12.0 Å². The van der Waals surface area contributed by atoms with Gasteiger partial charge in [0.2, 0.25) is 0 Å². The molecule has 1 atom stereocenters. The Hall–Kier alpha value is -2.30. The number of allylic oxidation sites excluding steroid dienone is 1. The highest BCUT2D eigenvalue weighted by Gasteiger charge is 2.42. The SMILES string of the molecule is COC(=O)C1=C(C)N(C2CC2)C(=O)NC1c1ccccc1. The molecule has 5 nitrogen and oxygen atoms in total. The number of nitrogens with zero attached hydrogens (tertiary/aromatic N) is 1. The van der Waals surface area contributed by atoms with E-state index in [1.807, 2.05) is 37.3 Å². The van der Waals surface area contributed by atoms with Gasteiger partial charge in [0.25, 0.3) is 0 Å². The smallest absolute Gasteiger partial charge is 0.337 e. The highest BCUT2D eigenvalue weighted by atomic mass is 16.5. The monoisotopic (exact) mass is 286 g/mol. The lowest BCUT2D eigenvalue weighted by atomic mass is 9.95. The van der Waals surface area contributed by atoms with Crippen molar-refractivity contribution in [1.82, 2.24) is 10.2 Å². The first-order valence-electron chi connectivity index (χ1n) is 7.07. The summed E-state index contributed by atoms with van der Waals surface area (Å²) < 4.78 is 4.92. The zero-order chi connectivity index (χ0) is 15.0. The third-order valence-corrected chi connectivity index (χ3v) is 3.98. The molecule has 3 rings (SSSR count). The molecule has 0 radical (unpaired) electrons. The Bertz CT molecular complexity index is 605. The molecule has 1 heterocycles. The second kappa shape index (κ2) is 5.24. The normalized spacial score (nSPS) is 22.1. The van der Waals surface area contributed by atoms with Gasteiger partial charge in [-0.05, 0) is 25.3 Å². The number of hydrogen-bond donors (Lipinski definition) is 1. The molecule has 1 fully saturated rings. The van der Waals surface area contributed by atoms with E-state index in [2.05, 4.69) is 5.32 Å². The van der Waals surface area contributed by atoms with Gasteiger partial charge in [0.1, 0.15) is 0 Å². The maximum Gasteiger partial charge on any atom is 0.337 e. The van der Waals surface area contributed by atoms with Crippen LogP contribution in [0.15, 0.2) is 41.6 Å². The summed E-state index contributed by atoms with van der Waals surface area (Å²) in [6.45, 7) is 1.82. The second-order valence-corrected chi connectivity index (χ2v) is 5.39. The van der Waals surface area contributed by atoms with E-state index in [4.69, 9.17) is 4.74 Å². The van der Waals surface area contributed by atoms with Crippen LogP contribution in [0.2, 0.25) is 0 Å². The number of carbonyl (C=O) groups excluding carboxylic acids is 2. The topological polar surface area (TPSA) is 58.6 Å². The number of esters is 1. The Balaban J connectivity index is 2.07. The Kier molecular flexibility index (Phi) is 3.41. The molecule has 1 unspecified atom stereocenters. The first-order chi connectivity index (χ1) is 10.1. The average molecular weight is 286 g/mol. The summed E-state index contributed by atoms with van der Waals surface area (Å²) in [5, 5.41) is 2.93. The van der Waals surface area contributed by atoms with Gasteiger partial charge in [-0.25, -0.2) is 9.59 Å². The van der Waals surface area contributed by atoms with E-state index in [0.29, 0.717) is 11.3 Å². The lowest BCUT2D eigenvalue weighted by molar-refractivity contribution is -0.136. The molecule has 0 aromatic heterocycles. The summed E-state index contributed by atoms with van der Waals surface area (Å²) >= 11 is 0. The molecule has 110 valence electrons. The van der Waals surface area contributed by atoms with Crippen molar-refractivity contribution in [1.29, 1.82) is 0 Å². The number of nitrogens with one attached hydrogen (secondary N) is 1. The van der Waals surface area contributed by atoms with Crippen LogP contribution in [0.25, 0.3) is 0 Å². The highest BCUT2D eigenvalue weighted by Crippen LogP contribution is 2.37. The van der Waals surface area contributed by atoms with E-state index in [1.165, 1.54) is 7.11 Å². The fourth-order valence-electron chi connectivity index (χ4n) is 2.80. The quantitative estimate of drug-likeness (QED) is 0.868. The number of amides is 2. The molecule has 2 amide bonds. The molecule has 1 aromatic carbocycles. The van der Waals surface area contributed by atoms with Gasteiger partial charge in [-0.3, -0.25) is 4.90 Å². The van der Waals surface area contributed by atoms with Gasteiger partial charge in [-0.15, -0.1) is 0 Å². The molecule has 1 N–H and O–H groups in total. The van der Waals surface area contributed by atoms with Crippen LogP contribution in [0.1, 0.15) is 31.4 Å². The fourth-order valence-corrected chi connectivity index (χ4v) is 2.80. The van der Waals surface area contributed by atoms with Gasteiger partial charge in [-0.1, -0.05) is 30.3 Å². The Labute approximate surface area is 123 Å². The Morgan fingerprint density at radius 3 is 2.52 bits per heavy atom. The summed E-state index contributed by atoms with van der Waals surface area (Å²) in [5.41, 5.74) is 2.08. The van der Waals surface area contributed by atoms with Gasteiger partial charge >= 0.3 is 12.0 Å². The standard InChI is InChI=1S/C16H18N2O3/c1-10-13(15(19)21-2)14(11-6-4-3-5-7-11)17-16(20)18(10)12-8-9-12/h3-7,12,14H,8-9H2,1-2H3,(H,17,20). The summed E-state index contributed by atoms with van der Waals surface area (Å²) in [6.07, 6.45) is 1.96. The van der Waals surface area contributed by atoms with Crippen LogP contribution < -0.4 is 5.32 Å². The summed E-state index contributed by atoms with van der Waals surface area (Å²) in [4.78, 5) is 26.2. The number of urea groups is 1. The van der Waals surface area contributed by atoms with E-state index in [9.17, 15) is 9.59 Å². The molecule has 1 aromatic rings. The van der Waals surface area contributed by atoms with Crippen molar-refractivity contribution in [2.45, 2.75) is 31.8 Å². The second-order valence-electron chi connectivity index (χ2n) is 5.39.